The number of nitrogens with zero attached hydrogens (tertiary/aromatic N) is 1. The van der Waals surface area contributed by atoms with Gasteiger partial charge in [-0.25, -0.2) is 0 Å². The van der Waals surface area contributed by atoms with Crippen molar-refractivity contribution in [3.63, 3.8) is 0 Å². The van der Waals surface area contributed by atoms with Gasteiger partial charge in [0.25, 0.3) is 11.8 Å². The van der Waals surface area contributed by atoms with E-state index in [4.69, 9.17) is 4.74 Å². The number of carbonyl (C=O) groups excluding carboxylic acids is 2. The number of amides is 2. The van der Waals surface area contributed by atoms with Crippen LogP contribution in [0.15, 0.2) is 48.2 Å². The normalized spacial score (nSPS) is 14.4. The molecule has 0 fully saturated rings. The zero-order valence-corrected chi connectivity index (χ0v) is 17.9. The van der Waals surface area contributed by atoms with Gasteiger partial charge in [0.05, 0.1) is 5.57 Å². The molecule has 1 aliphatic heterocycles. The van der Waals surface area contributed by atoms with Gasteiger partial charge in [-0.3, -0.25) is 14.5 Å². The predicted octanol–water partition coefficient (Wildman–Crippen LogP) is 4.43. The summed E-state index contributed by atoms with van der Waals surface area (Å²) in [6.07, 6.45) is -4.39. The van der Waals surface area contributed by atoms with E-state index in [2.05, 4.69) is 10.1 Å². The van der Waals surface area contributed by atoms with Crippen molar-refractivity contribution >= 4 is 23.1 Å². The molecule has 3 rings (SSSR count). The first-order chi connectivity index (χ1) is 15.1. The van der Waals surface area contributed by atoms with Crippen LogP contribution in [-0.2, 0) is 14.3 Å². The monoisotopic (exact) mass is 448 g/mol. The Morgan fingerprint density at radius 2 is 1.75 bits per heavy atom. The Labute approximate surface area is 183 Å². The quantitative estimate of drug-likeness (QED) is 0.478. The Hall–Kier alpha value is -3.33. The highest BCUT2D eigenvalue weighted by molar-refractivity contribution is 6.36. The van der Waals surface area contributed by atoms with E-state index in [0.29, 0.717) is 18.6 Å². The molecule has 32 heavy (non-hydrogen) atoms. The Morgan fingerprint density at radius 3 is 2.41 bits per heavy atom. The van der Waals surface area contributed by atoms with Gasteiger partial charge in [-0.05, 0) is 49.1 Å². The molecule has 170 valence electrons. The number of benzene rings is 2. The summed E-state index contributed by atoms with van der Waals surface area (Å²) in [5.74, 6) is -1.47. The van der Waals surface area contributed by atoms with Crippen LogP contribution in [0, 0.1) is 13.8 Å². The Bertz CT molecular complexity index is 1060. The lowest BCUT2D eigenvalue weighted by Crippen LogP contribution is -2.33. The van der Waals surface area contributed by atoms with E-state index in [1.165, 1.54) is 19.2 Å². The number of ether oxygens (including phenoxy) is 2. The van der Waals surface area contributed by atoms with Crippen LogP contribution in [0.2, 0.25) is 0 Å². The van der Waals surface area contributed by atoms with E-state index in [1.807, 2.05) is 19.9 Å². The van der Waals surface area contributed by atoms with Gasteiger partial charge >= 0.3 is 6.36 Å². The first-order valence-corrected chi connectivity index (χ1v) is 9.90. The largest absolute Gasteiger partial charge is 0.573 e. The van der Waals surface area contributed by atoms with Crippen LogP contribution >= 0.6 is 0 Å². The maximum atomic E-state index is 13.2. The number of hydrogen-bond donors (Lipinski definition) is 1. The summed E-state index contributed by atoms with van der Waals surface area (Å²) in [6.45, 7) is 4.34. The summed E-state index contributed by atoms with van der Waals surface area (Å²) in [6, 6.07) is 10.5. The number of halogens is 3. The maximum absolute atomic E-state index is 13.2. The average molecular weight is 448 g/mol. The smallest absolute Gasteiger partial charge is 0.406 e. The van der Waals surface area contributed by atoms with E-state index in [9.17, 15) is 22.8 Å². The highest BCUT2D eigenvalue weighted by atomic mass is 19.4. The van der Waals surface area contributed by atoms with Gasteiger partial charge in [0.2, 0.25) is 0 Å². The standard InChI is InChI=1S/C23H23F3N2O4/c1-14-8-9-16(12-15(14)2)19-20(22(30)28(21(19)29)10-5-11-31-3)27-17-6-4-7-18(13-17)32-23(24,25)26/h4,6-9,12-13,27H,5,10-11H2,1-3H3. The second-order valence-corrected chi connectivity index (χ2v) is 7.36. The van der Waals surface area contributed by atoms with E-state index in [0.717, 1.165) is 28.2 Å². The van der Waals surface area contributed by atoms with Gasteiger partial charge in [0.15, 0.2) is 0 Å². The number of nitrogens with one attached hydrogen (secondary N) is 1. The molecule has 1 N–H and O–H groups in total. The summed E-state index contributed by atoms with van der Waals surface area (Å²) >= 11 is 0. The van der Waals surface area contributed by atoms with Crippen molar-refractivity contribution < 1.29 is 32.2 Å². The first-order valence-electron chi connectivity index (χ1n) is 9.90. The molecule has 9 heteroatoms. The minimum atomic E-state index is -4.85. The number of aryl methyl sites for hydroxylation is 2. The molecule has 0 atom stereocenters. The van der Waals surface area contributed by atoms with Crippen LogP contribution in [0.3, 0.4) is 0 Å². The molecule has 1 heterocycles. The van der Waals surface area contributed by atoms with Gasteiger partial charge < -0.3 is 14.8 Å². The second kappa shape index (κ2) is 9.44. The minimum Gasteiger partial charge on any atom is -0.406 e. The third-order valence-electron chi connectivity index (χ3n) is 5.03. The highest BCUT2D eigenvalue weighted by Crippen LogP contribution is 2.33. The Balaban J connectivity index is 2.00. The zero-order valence-electron chi connectivity index (χ0n) is 17.9. The molecule has 0 spiro atoms. The molecule has 1 aliphatic rings. The molecule has 2 aromatic rings. The van der Waals surface area contributed by atoms with Crippen LogP contribution in [0.1, 0.15) is 23.1 Å². The summed E-state index contributed by atoms with van der Waals surface area (Å²) < 4.78 is 46.7. The van der Waals surface area contributed by atoms with Gasteiger partial charge in [-0.2, -0.15) is 0 Å². The third-order valence-corrected chi connectivity index (χ3v) is 5.03. The molecule has 0 aliphatic carbocycles. The minimum absolute atomic E-state index is 0.000159. The lowest BCUT2D eigenvalue weighted by molar-refractivity contribution is -0.274. The van der Waals surface area contributed by atoms with Crippen molar-refractivity contribution in [3.05, 3.63) is 64.9 Å². The number of imide groups is 1. The summed E-state index contributed by atoms with van der Waals surface area (Å²) in [7, 11) is 1.52. The first kappa shape index (κ1) is 23.3. The molecule has 0 radical (unpaired) electrons. The van der Waals surface area contributed by atoms with Crippen LogP contribution in [0.5, 0.6) is 5.75 Å². The fourth-order valence-corrected chi connectivity index (χ4v) is 3.34. The zero-order chi connectivity index (χ0) is 23.5. The third kappa shape index (κ3) is 5.28. The molecule has 0 saturated carbocycles. The van der Waals surface area contributed by atoms with Gasteiger partial charge in [0.1, 0.15) is 11.4 Å². The van der Waals surface area contributed by atoms with Crippen molar-refractivity contribution in [2.75, 3.05) is 25.6 Å². The molecular formula is C23H23F3N2O4. The average Bonchev–Trinajstić information content (AvgIpc) is 2.93. The Kier molecular flexibility index (Phi) is 6.88. The van der Waals surface area contributed by atoms with E-state index < -0.39 is 23.9 Å². The van der Waals surface area contributed by atoms with E-state index in [-0.39, 0.29) is 23.5 Å². The van der Waals surface area contributed by atoms with Crippen LogP contribution < -0.4 is 10.1 Å². The summed E-state index contributed by atoms with van der Waals surface area (Å²) in [5.41, 5.74) is 2.86. The van der Waals surface area contributed by atoms with Crippen molar-refractivity contribution in [3.8, 4) is 5.75 Å². The highest BCUT2D eigenvalue weighted by Gasteiger charge is 2.39. The van der Waals surface area contributed by atoms with Gasteiger partial charge in [-0.15, -0.1) is 13.2 Å². The van der Waals surface area contributed by atoms with Crippen molar-refractivity contribution in [2.45, 2.75) is 26.6 Å². The molecular weight excluding hydrogens is 425 g/mol. The van der Waals surface area contributed by atoms with Gasteiger partial charge in [-0.1, -0.05) is 24.3 Å². The van der Waals surface area contributed by atoms with Crippen LogP contribution in [-0.4, -0.2) is 43.3 Å². The molecule has 6 nitrogen and oxygen atoms in total. The predicted molar refractivity (Wildman–Crippen MR) is 113 cm³/mol. The number of methoxy groups -OCH3 is 1. The van der Waals surface area contributed by atoms with Crippen molar-refractivity contribution in [1.82, 2.24) is 4.90 Å². The molecule has 0 saturated heterocycles. The number of hydrogen-bond acceptors (Lipinski definition) is 5. The van der Waals surface area contributed by atoms with E-state index >= 15 is 0 Å². The molecule has 2 amide bonds. The lowest BCUT2D eigenvalue weighted by Gasteiger charge is -2.15. The topological polar surface area (TPSA) is 67.9 Å². The van der Waals surface area contributed by atoms with Gasteiger partial charge in [0, 0.05) is 32.0 Å². The van der Waals surface area contributed by atoms with Crippen LogP contribution in [0.4, 0.5) is 18.9 Å². The number of rotatable bonds is 8. The second-order valence-electron chi connectivity index (χ2n) is 7.36. The number of carbonyl (C=O) groups is 2. The SMILES string of the molecule is COCCCN1C(=O)C(Nc2cccc(OC(F)(F)F)c2)=C(c2ccc(C)c(C)c2)C1=O. The molecule has 0 unspecified atom stereocenters. The summed E-state index contributed by atoms with van der Waals surface area (Å²) in [5, 5.41) is 2.84. The Morgan fingerprint density at radius 1 is 1.00 bits per heavy atom. The number of alkyl halides is 3. The molecule has 0 bridgehead atoms. The van der Waals surface area contributed by atoms with E-state index in [1.54, 1.807) is 12.1 Å². The van der Waals surface area contributed by atoms with Crippen LogP contribution in [0.25, 0.3) is 5.57 Å². The number of anilines is 1. The maximum Gasteiger partial charge on any atom is 0.573 e. The lowest BCUT2D eigenvalue weighted by atomic mass is 9.99. The van der Waals surface area contributed by atoms with Crippen molar-refractivity contribution in [2.24, 2.45) is 0 Å². The fraction of sp³-hybridized carbons (Fsp3) is 0.304. The molecule has 2 aromatic carbocycles. The van der Waals surface area contributed by atoms with Crippen molar-refractivity contribution in [1.29, 1.82) is 0 Å². The fourth-order valence-electron chi connectivity index (χ4n) is 3.34. The molecule has 0 aromatic heterocycles. The summed E-state index contributed by atoms with van der Waals surface area (Å²) in [4.78, 5) is 27.4.